The molecule has 210 valence electrons. The number of hydrogen-bond donors (Lipinski definition) is 0. The fraction of sp³-hybridized carbons (Fsp3) is 0. The minimum atomic E-state index is 0.706. The van der Waals surface area contributed by atoms with Crippen molar-refractivity contribution in [3.63, 3.8) is 0 Å². The average molecular weight is 574 g/mol. The van der Waals surface area contributed by atoms with Crippen molar-refractivity contribution in [2.24, 2.45) is 0 Å². The summed E-state index contributed by atoms with van der Waals surface area (Å²) >= 11 is 0. The average Bonchev–Trinajstić information content (AvgIpc) is 3.45. The monoisotopic (exact) mass is 573 g/mol. The smallest absolute Gasteiger partial charge is 0.160 e. The molecule has 3 nitrogen and oxygen atoms in total. The standard InChI is InChI=1S/C42H27N3/c1-3-11-31-25-33(19-17-28(31)9-1)38-27-39(34-20-18-29-10-2-4-12-32(29)26-34)44-42(43-38)30-21-23-35(24-22-30)45-40-15-7-5-13-36(40)37-14-6-8-16-41(37)45/h1-27H. The Morgan fingerprint density at radius 1 is 0.356 bits per heavy atom. The van der Waals surface area contributed by atoms with Crippen LogP contribution in [0.3, 0.4) is 0 Å². The highest BCUT2D eigenvalue weighted by molar-refractivity contribution is 6.09. The van der Waals surface area contributed by atoms with Gasteiger partial charge >= 0.3 is 0 Å². The van der Waals surface area contributed by atoms with Gasteiger partial charge in [0.05, 0.1) is 22.4 Å². The molecule has 9 rings (SSSR count). The number of para-hydroxylation sites is 2. The van der Waals surface area contributed by atoms with E-state index in [0.29, 0.717) is 5.82 Å². The van der Waals surface area contributed by atoms with Crippen molar-refractivity contribution in [1.29, 1.82) is 0 Å². The van der Waals surface area contributed by atoms with Crippen molar-refractivity contribution in [3.8, 4) is 39.6 Å². The Morgan fingerprint density at radius 3 is 1.33 bits per heavy atom. The minimum Gasteiger partial charge on any atom is -0.309 e. The predicted octanol–water partition coefficient (Wildman–Crippen LogP) is 10.9. The summed E-state index contributed by atoms with van der Waals surface area (Å²) in [5, 5.41) is 7.32. The Balaban J connectivity index is 1.20. The summed E-state index contributed by atoms with van der Waals surface area (Å²) in [5.41, 5.74) is 8.42. The molecule has 0 bridgehead atoms. The van der Waals surface area contributed by atoms with E-state index in [4.69, 9.17) is 9.97 Å². The van der Waals surface area contributed by atoms with E-state index in [1.807, 2.05) is 0 Å². The van der Waals surface area contributed by atoms with Gasteiger partial charge in [-0.05, 0) is 76.1 Å². The lowest BCUT2D eigenvalue weighted by Gasteiger charge is -2.12. The fourth-order valence-corrected chi connectivity index (χ4v) is 6.53. The molecule has 7 aromatic carbocycles. The van der Waals surface area contributed by atoms with Gasteiger partial charge in [0, 0.05) is 33.2 Å². The third-order valence-electron chi connectivity index (χ3n) is 8.78. The van der Waals surface area contributed by atoms with Crippen molar-refractivity contribution < 1.29 is 0 Å². The molecule has 0 aliphatic heterocycles. The number of hydrogen-bond acceptors (Lipinski definition) is 2. The Hall–Kier alpha value is -6.06. The SMILES string of the molecule is c1ccc2cc(-c3cc(-c4ccc5ccccc5c4)nc(-c4ccc(-n5c6ccccc6c6ccccc65)cc4)n3)ccc2c1. The Bertz CT molecular complexity index is 2390. The summed E-state index contributed by atoms with van der Waals surface area (Å²) in [7, 11) is 0. The van der Waals surface area contributed by atoms with Crippen LogP contribution in [0.2, 0.25) is 0 Å². The van der Waals surface area contributed by atoms with Crippen molar-refractivity contribution >= 4 is 43.4 Å². The lowest BCUT2D eigenvalue weighted by atomic mass is 10.0. The van der Waals surface area contributed by atoms with Crippen LogP contribution < -0.4 is 0 Å². The first kappa shape index (κ1) is 25.4. The zero-order valence-electron chi connectivity index (χ0n) is 24.4. The van der Waals surface area contributed by atoms with Gasteiger partial charge in [-0.3, -0.25) is 0 Å². The summed E-state index contributed by atoms with van der Waals surface area (Å²) < 4.78 is 2.33. The van der Waals surface area contributed by atoms with Gasteiger partial charge in [-0.1, -0.05) is 109 Å². The van der Waals surface area contributed by atoms with Gasteiger partial charge in [0.15, 0.2) is 5.82 Å². The van der Waals surface area contributed by atoms with Crippen LogP contribution in [0.4, 0.5) is 0 Å². The second-order valence-corrected chi connectivity index (χ2v) is 11.5. The molecule has 0 atom stereocenters. The predicted molar refractivity (Wildman–Crippen MR) is 188 cm³/mol. The third kappa shape index (κ3) is 4.37. The topological polar surface area (TPSA) is 30.7 Å². The van der Waals surface area contributed by atoms with E-state index in [9.17, 15) is 0 Å². The molecule has 0 aliphatic carbocycles. The van der Waals surface area contributed by atoms with Crippen LogP contribution >= 0.6 is 0 Å². The lowest BCUT2D eigenvalue weighted by Crippen LogP contribution is -1.97. The number of aromatic nitrogens is 3. The Kier molecular flexibility index (Phi) is 5.82. The normalized spacial score (nSPS) is 11.6. The second kappa shape index (κ2) is 10.3. The minimum absolute atomic E-state index is 0.706. The van der Waals surface area contributed by atoms with E-state index in [1.54, 1.807) is 0 Å². The first-order chi connectivity index (χ1) is 22.3. The molecule has 9 aromatic rings. The van der Waals surface area contributed by atoms with Gasteiger partial charge in [-0.15, -0.1) is 0 Å². The summed E-state index contributed by atoms with van der Waals surface area (Å²) in [6.07, 6.45) is 0. The summed E-state index contributed by atoms with van der Waals surface area (Å²) in [5.74, 6) is 0.706. The van der Waals surface area contributed by atoms with E-state index < -0.39 is 0 Å². The van der Waals surface area contributed by atoms with Crippen LogP contribution in [-0.4, -0.2) is 14.5 Å². The molecule has 0 unspecified atom stereocenters. The molecule has 0 saturated carbocycles. The molecule has 45 heavy (non-hydrogen) atoms. The molecule has 0 N–H and O–H groups in total. The number of rotatable bonds is 4. The largest absolute Gasteiger partial charge is 0.309 e. The Labute approximate surface area is 260 Å². The second-order valence-electron chi connectivity index (χ2n) is 11.5. The quantitative estimate of drug-likeness (QED) is 0.210. The van der Waals surface area contributed by atoms with Crippen LogP contribution in [0.1, 0.15) is 0 Å². The van der Waals surface area contributed by atoms with E-state index in [-0.39, 0.29) is 0 Å². The van der Waals surface area contributed by atoms with Crippen molar-refractivity contribution in [3.05, 3.63) is 164 Å². The molecule has 0 radical (unpaired) electrons. The Morgan fingerprint density at radius 2 is 0.800 bits per heavy atom. The van der Waals surface area contributed by atoms with Crippen LogP contribution in [0.25, 0.3) is 82.9 Å². The first-order valence-corrected chi connectivity index (χ1v) is 15.2. The first-order valence-electron chi connectivity index (χ1n) is 15.2. The molecule has 0 saturated heterocycles. The molecule has 0 amide bonds. The molecular weight excluding hydrogens is 546 g/mol. The van der Waals surface area contributed by atoms with E-state index in [0.717, 1.165) is 33.8 Å². The van der Waals surface area contributed by atoms with Gasteiger partial charge in [0.25, 0.3) is 0 Å². The van der Waals surface area contributed by atoms with Gasteiger partial charge < -0.3 is 4.57 Å². The molecular formula is C42H27N3. The highest BCUT2D eigenvalue weighted by Crippen LogP contribution is 2.34. The molecule has 0 aliphatic rings. The summed E-state index contributed by atoms with van der Waals surface area (Å²) in [4.78, 5) is 10.3. The van der Waals surface area contributed by atoms with E-state index >= 15 is 0 Å². The van der Waals surface area contributed by atoms with Gasteiger partial charge in [-0.25, -0.2) is 9.97 Å². The highest BCUT2D eigenvalue weighted by Gasteiger charge is 2.14. The third-order valence-corrected chi connectivity index (χ3v) is 8.78. The number of benzene rings is 7. The van der Waals surface area contributed by atoms with Crippen LogP contribution in [0, 0.1) is 0 Å². The maximum Gasteiger partial charge on any atom is 0.160 e. The maximum atomic E-state index is 5.14. The number of fused-ring (bicyclic) bond motifs is 5. The van der Waals surface area contributed by atoms with Crippen molar-refractivity contribution in [1.82, 2.24) is 14.5 Å². The number of nitrogens with zero attached hydrogens (tertiary/aromatic N) is 3. The van der Waals surface area contributed by atoms with Crippen molar-refractivity contribution in [2.45, 2.75) is 0 Å². The molecule has 0 spiro atoms. The van der Waals surface area contributed by atoms with Crippen molar-refractivity contribution in [2.75, 3.05) is 0 Å². The van der Waals surface area contributed by atoms with Crippen LogP contribution in [-0.2, 0) is 0 Å². The van der Waals surface area contributed by atoms with E-state index in [2.05, 4.69) is 168 Å². The van der Waals surface area contributed by atoms with Gasteiger partial charge in [0.2, 0.25) is 0 Å². The summed E-state index contributed by atoms with van der Waals surface area (Å²) in [6, 6.07) is 57.9. The van der Waals surface area contributed by atoms with E-state index in [1.165, 1.54) is 43.4 Å². The molecule has 2 heterocycles. The van der Waals surface area contributed by atoms with Crippen LogP contribution in [0.15, 0.2) is 164 Å². The van der Waals surface area contributed by atoms with Gasteiger partial charge in [0.1, 0.15) is 0 Å². The zero-order valence-corrected chi connectivity index (χ0v) is 24.4. The molecule has 2 aromatic heterocycles. The molecule has 0 fully saturated rings. The lowest BCUT2D eigenvalue weighted by molar-refractivity contribution is 1.16. The molecule has 3 heteroatoms. The summed E-state index contributed by atoms with van der Waals surface area (Å²) in [6.45, 7) is 0. The highest BCUT2D eigenvalue weighted by atomic mass is 15.0. The van der Waals surface area contributed by atoms with Crippen LogP contribution in [0.5, 0.6) is 0 Å². The maximum absolute atomic E-state index is 5.14. The van der Waals surface area contributed by atoms with Gasteiger partial charge in [-0.2, -0.15) is 0 Å². The fourth-order valence-electron chi connectivity index (χ4n) is 6.53. The zero-order chi connectivity index (χ0) is 29.7.